The van der Waals surface area contributed by atoms with Crippen molar-refractivity contribution in [2.75, 3.05) is 31.1 Å². The topological polar surface area (TPSA) is 67.9 Å². The average Bonchev–Trinajstić information content (AvgIpc) is 3.34. The Balaban J connectivity index is 1.38. The largest absolute Gasteiger partial charge is 0.353 e. The molecule has 0 amide bonds. The Bertz CT molecular complexity index is 1190. The number of alkyl halides is 2. The van der Waals surface area contributed by atoms with Crippen LogP contribution in [0.5, 0.6) is 0 Å². The molecule has 1 saturated heterocycles. The van der Waals surface area contributed by atoms with E-state index in [0.29, 0.717) is 16.9 Å². The summed E-state index contributed by atoms with van der Waals surface area (Å²) in [6.07, 6.45) is 3.34. The van der Waals surface area contributed by atoms with E-state index in [0.717, 1.165) is 47.6 Å². The van der Waals surface area contributed by atoms with Gasteiger partial charge in [0.05, 0.1) is 28.7 Å². The average molecular weight is 412 g/mol. The summed E-state index contributed by atoms with van der Waals surface area (Å²) >= 11 is 0. The lowest BCUT2D eigenvalue weighted by Crippen LogP contribution is -2.48. The Morgan fingerprint density at radius 2 is 1.80 bits per heavy atom. The van der Waals surface area contributed by atoms with Crippen LogP contribution in [0.15, 0.2) is 36.8 Å². The van der Waals surface area contributed by atoms with Crippen molar-refractivity contribution >= 4 is 27.9 Å². The van der Waals surface area contributed by atoms with Crippen molar-refractivity contribution in [2.24, 2.45) is 7.05 Å². The minimum atomic E-state index is -2.63. The van der Waals surface area contributed by atoms with Crippen molar-refractivity contribution < 1.29 is 8.78 Å². The van der Waals surface area contributed by atoms with E-state index in [4.69, 9.17) is 0 Å². The molecular formula is C20H22F2N8. The Morgan fingerprint density at radius 1 is 1.03 bits per heavy atom. The molecule has 1 aromatic carbocycles. The molecule has 0 radical (unpaired) electrons. The number of imidazole rings is 1. The number of benzene rings is 1. The van der Waals surface area contributed by atoms with Crippen LogP contribution in [0.1, 0.15) is 25.3 Å². The van der Waals surface area contributed by atoms with E-state index in [2.05, 4.69) is 29.9 Å². The van der Waals surface area contributed by atoms with E-state index in [1.165, 1.54) is 0 Å². The Kier molecular flexibility index (Phi) is 4.58. The summed E-state index contributed by atoms with van der Waals surface area (Å²) in [7, 11) is 1.85. The lowest BCUT2D eigenvalue weighted by atomic mass is 10.2. The second-order valence-electron chi connectivity index (χ2n) is 7.51. The fourth-order valence-corrected chi connectivity index (χ4v) is 4.25. The zero-order chi connectivity index (χ0) is 20.8. The molecular weight excluding hydrogens is 390 g/mol. The number of aromatic nitrogens is 6. The lowest BCUT2D eigenvalue weighted by Gasteiger charge is -2.38. The zero-order valence-electron chi connectivity index (χ0n) is 16.8. The third-order valence-electron chi connectivity index (χ3n) is 5.86. The van der Waals surface area contributed by atoms with E-state index in [9.17, 15) is 8.78 Å². The predicted molar refractivity (Wildman–Crippen MR) is 109 cm³/mol. The first kappa shape index (κ1) is 18.9. The fourth-order valence-electron chi connectivity index (χ4n) is 4.25. The molecule has 0 unspecified atom stereocenters. The predicted octanol–water partition coefficient (Wildman–Crippen LogP) is 2.99. The van der Waals surface area contributed by atoms with Crippen LogP contribution in [-0.4, -0.2) is 60.4 Å². The first-order valence-electron chi connectivity index (χ1n) is 9.91. The van der Waals surface area contributed by atoms with Crippen LogP contribution in [0.3, 0.4) is 0 Å². The van der Waals surface area contributed by atoms with Gasteiger partial charge in [0, 0.05) is 33.2 Å². The monoisotopic (exact) mass is 412 g/mol. The van der Waals surface area contributed by atoms with E-state index in [-0.39, 0.29) is 6.04 Å². The molecule has 4 aromatic rings. The van der Waals surface area contributed by atoms with Gasteiger partial charge in [-0.25, -0.2) is 15.0 Å². The number of hydrogen-bond donors (Lipinski definition) is 0. The van der Waals surface area contributed by atoms with Crippen molar-refractivity contribution in [3.8, 4) is 0 Å². The summed E-state index contributed by atoms with van der Waals surface area (Å²) in [6.45, 7) is 2.23. The van der Waals surface area contributed by atoms with E-state index in [1.807, 2.05) is 20.0 Å². The minimum Gasteiger partial charge on any atom is -0.353 e. The molecule has 0 spiro atoms. The first-order chi connectivity index (χ1) is 14.5. The van der Waals surface area contributed by atoms with E-state index in [1.54, 1.807) is 35.4 Å². The quantitative estimate of drug-likeness (QED) is 0.513. The number of aryl methyl sites for hydroxylation is 1. The second-order valence-corrected chi connectivity index (χ2v) is 7.51. The maximum Gasteiger partial charge on any atom is 0.320 e. The van der Waals surface area contributed by atoms with Crippen LogP contribution < -0.4 is 4.90 Å². The van der Waals surface area contributed by atoms with Crippen LogP contribution in [0.25, 0.3) is 22.1 Å². The van der Waals surface area contributed by atoms with Gasteiger partial charge in [0.15, 0.2) is 5.65 Å². The summed E-state index contributed by atoms with van der Waals surface area (Å²) in [5.41, 5.74) is 1.85. The molecule has 5 rings (SSSR count). The molecule has 30 heavy (non-hydrogen) atoms. The lowest BCUT2D eigenvalue weighted by molar-refractivity contribution is 0.0641. The third kappa shape index (κ3) is 2.98. The van der Waals surface area contributed by atoms with Gasteiger partial charge in [-0.1, -0.05) is 12.1 Å². The second kappa shape index (κ2) is 7.28. The van der Waals surface area contributed by atoms with Crippen LogP contribution in [0.4, 0.5) is 14.6 Å². The molecule has 1 aliphatic heterocycles. The van der Waals surface area contributed by atoms with Crippen LogP contribution in [0.2, 0.25) is 0 Å². The van der Waals surface area contributed by atoms with Crippen LogP contribution in [-0.2, 0) is 7.05 Å². The summed E-state index contributed by atoms with van der Waals surface area (Å²) in [4.78, 5) is 17.7. The van der Waals surface area contributed by atoms with Gasteiger partial charge in [0.2, 0.25) is 0 Å². The molecule has 0 bridgehead atoms. The number of nitrogens with zero attached hydrogens (tertiary/aromatic N) is 8. The Labute approximate surface area is 171 Å². The number of anilines is 1. The molecule has 1 aliphatic rings. The van der Waals surface area contributed by atoms with Gasteiger partial charge < -0.3 is 4.90 Å². The number of fused-ring (bicyclic) bond motifs is 2. The molecule has 8 nitrogen and oxygen atoms in total. The summed E-state index contributed by atoms with van der Waals surface area (Å²) in [6, 6.07) is 6.82. The van der Waals surface area contributed by atoms with Crippen molar-refractivity contribution in [1.82, 2.24) is 34.2 Å². The fraction of sp³-hybridized carbons (Fsp3) is 0.400. The highest BCUT2D eigenvalue weighted by molar-refractivity contribution is 5.86. The molecule has 4 heterocycles. The van der Waals surface area contributed by atoms with Gasteiger partial charge in [-0.3, -0.25) is 14.1 Å². The minimum absolute atomic E-state index is 0.225. The van der Waals surface area contributed by atoms with Gasteiger partial charge in [0.1, 0.15) is 18.0 Å². The number of rotatable bonds is 4. The number of piperazine rings is 1. The maximum absolute atomic E-state index is 13.8. The van der Waals surface area contributed by atoms with Gasteiger partial charge in [-0.2, -0.15) is 13.9 Å². The van der Waals surface area contributed by atoms with Crippen LogP contribution in [0, 0.1) is 0 Å². The molecule has 1 atom stereocenters. The van der Waals surface area contributed by atoms with E-state index >= 15 is 0 Å². The summed E-state index contributed by atoms with van der Waals surface area (Å²) in [5.74, 6) is 1.26. The third-order valence-corrected chi connectivity index (χ3v) is 5.86. The smallest absolute Gasteiger partial charge is 0.320 e. The molecule has 1 fully saturated rings. The van der Waals surface area contributed by atoms with Gasteiger partial charge >= 0.3 is 6.55 Å². The van der Waals surface area contributed by atoms with Crippen LogP contribution >= 0.6 is 0 Å². The highest BCUT2D eigenvalue weighted by Crippen LogP contribution is 2.31. The molecule has 10 heteroatoms. The molecule has 3 aromatic heterocycles. The van der Waals surface area contributed by atoms with Gasteiger partial charge in [0.25, 0.3) is 0 Å². The van der Waals surface area contributed by atoms with Crippen molar-refractivity contribution in [3.05, 3.63) is 42.6 Å². The Hall–Kier alpha value is -3.14. The summed E-state index contributed by atoms with van der Waals surface area (Å²) in [5, 5.41) is 5.19. The molecule has 156 valence electrons. The number of para-hydroxylation sites is 2. The summed E-state index contributed by atoms with van der Waals surface area (Å²) < 4.78 is 30.4. The number of hydrogen-bond acceptors (Lipinski definition) is 6. The van der Waals surface area contributed by atoms with Crippen molar-refractivity contribution in [2.45, 2.75) is 19.5 Å². The van der Waals surface area contributed by atoms with E-state index < -0.39 is 6.55 Å². The van der Waals surface area contributed by atoms with Gasteiger partial charge in [-0.05, 0) is 19.1 Å². The highest BCUT2D eigenvalue weighted by Gasteiger charge is 2.29. The molecule has 0 N–H and O–H groups in total. The first-order valence-corrected chi connectivity index (χ1v) is 9.91. The molecule has 0 saturated carbocycles. The van der Waals surface area contributed by atoms with Crippen molar-refractivity contribution in [1.29, 1.82) is 0 Å². The maximum atomic E-state index is 13.8. The SMILES string of the molecule is C[C@@H](c1nc2ccccc2n1C(F)F)N1CCN(c2ncnc3c2cnn3C)CC1. The normalized spacial score (nSPS) is 16.8. The number of halogens is 2. The molecule has 0 aliphatic carbocycles. The standard InChI is InChI=1S/C20H22F2N8/c1-13(17-26-15-5-3-4-6-16(15)30(17)20(21)22)28-7-9-29(10-8-28)19-14-11-25-27(2)18(14)23-12-24-19/h3-6,11-13,20H,7-10H2,1-2H3/t13-/m0/s1. The highest BCUT2D eigenvalue weighted by atomic mass is 19.3. The van der Waals surface area contributed by atoms with Gasteiger partial charge in [-0.15, -0.1) is 0 Å². The van der Waals surface area contributed by atoms with Crippen molar-refractivity contribution in [3.63, 3.8) is 0 Å². The Morgan fingerprint density at radius 3 is 2.57 bits per heavy atom. The zero-order valence-corrected chi connectivity index (χ0v) is 16.8.